The number of aromatic nitrogens is 2. The van der Waals surface area contributed by atoms with Crippen molar-refractivity contribution >= 4 is 0 Å². The minimum atomic E-state index is 0.507. The maximum atomic E-state index is 5.74. The van der Waals surface area contributed by atoms with Crippen LogP contribution < -0.4 is 10.1 Å². The molecule has 0 saturated heterocycles. The highest BCUT2D eigenvalue weighted by Crippen LogP contribution is 2.28. The molecule has 1 fully saturated rings. The van der Waals surface area contributed by atoms with Crippen LogP contribution in [-0.2, 0) is 6.54 Å². The Labute approximate surface area is 124 Å². The van der Waals surface area contributed by atoms with Crippen molar-refractivity contribution in [2.75, 3.05) is 7.11 Å². The molecule has 0 spiro atoms. The van der Waals surface area contributed by atoms with Gasteiger partial charge in [-0.1, -0.05) is 31.4 Å². The first kappa shape index (κ1) is 14.1. The zero-order valence-electron chi connectivity index (χ0n) is 12.3. The molecule has 1 saturated carbocycles. The Morgan fingerprint density at radius 3 is 2.81 bits per heavy atom. The lowest BCUT2D eigenvalue weighted by molar-refractivity contribution is 0.353. The average Bonchev–Trinajstić information content (AvgIpc) is 3.02. The van der Waals surface area contributed by atoms with Crippen molar-refractivity contribution in [2.45, 2.75) is 44.7 Å². The van der Waals surface area contributed by atoms with E-state index in [0.717, 1.165) is 11.3 Å². The Kier molecular flexibility index (Phi) is 4.50. The van der Waals surface area contributed by atoms with Crippen molar-refractivity contribution < 1.29 is 9.15 Å². The Bertz CT molecular complexity index is 576. The van der Waals surface area contributed by atoms with Crippen LogP contribution in [0.2, 0.25) is 0 Å². The van der Waals surface area contributed by atoms with Crippen molar-refractivity contribution in [1.82, 2.24) is 15.5 Å². The standard InChI is InChI=1S/C16H21N3O2/c1-20-14-10-6-5-9-13(14)16-19-18-15(21-16)11-17-12-7-3-2-4-8-12/h5-6,9-10,12,17H,2-4,7-8,11H2,1H3. The second kappa shape index (κ2) is 6.72. The van der Waals surface area contributed by atoms with E-state index in [9.17, 15) is 0 Å². The first-order valence-electron chi connectivity index (χ1n) is 7.56. The van der Waals surface area contributed by atoms with Gasteiger partial charge in [0.2, 0.25) is 5.89 Å². The monoisotopic (exact) mass is 287 g/mol. The van der Waals surface area contributed by atoms with Crippen molar-refractivity contribution in [3.63, 3.8) is 0 Å². The summed E-state index contributed by atoms with van der Waals surface area (Å²) in [5.74, 6) is 1.88. The summed E-state index contributed by atoms with van der Waals surface area (Å²) in [6.45, 7) is 0.632. The smallest absolute Gasteiger partial charge is 0.251 e. The fourth-order valence-corrected chi connectivity index (χ4v) is 2.79. The van der Waals surface area contributed by atoms with Gasteiger partial charge in [-0.15, -0.1) is 10.2 Å². The molecule has 0 unspecified atom stereocenters. The van der Waals surface area contributed by atoms with Crippen molar-refractivity contribution in [1.29, 1.82) is 0 Å². The van der Waals surface area contributed by atoms with Crippen molar-refractivity contribution in [2.24, 2.45) is 0 Å². The van der Waals surface area contributed by atoms with Crippen LogP contribution in [0.4, 0.5) is 0 Å². The number of methoxy groups -OCH3 is 1. The molecule has 0 bridgehead atoms. The van der Waals surface area contributed by atoms with Crippen LogP contribution in [0.3, 0.4) is 0 Å². The van der Waals surface area contributed by atoms with Gasteiger partial charge < -0.3 is 14.5 Å². The first-order chi connectivity index (χ1) is 10.4. The molecule has 0 atom stereocenters. The van der Waals surface area contributed by atoms with Gasteiger partial charge in [-0.25, -0.2) is 0 Å². The molecule has 0 radical (unpaired) electrons. The second-order valence-electron chi connectivity index (χ2n) is 5.42. The molecule has 1 N–H and O–H groups in total. The van der Waals surface area contributed by atoms with E-state index in [0.29, 0.717) is 24.4 Å². The Balaban J connectivity index is 1.65. The molecule has 1 aliphatic carbocycles. The molecule has 5 heteroatoms. The second-order valence-corrected chi connectivity index (χ2v) is 5.42. The minimum absolute atomic E-state index is 0.507. The molecule has 2 aromatic rings. The summed E-state index contributed by atoms with van der Waals surface area (Å²) in [5, 5.41) is 11.7. The predicted octanol–water partition coefficient (Wildman–Crippen LogP) is 3.17. The molecule has 0 amide bonds. The summed E-state index contributed by atoms with van der Waals surface area (Å²) in [7, 11) is 1.64. The van der Waals surface area contributed by atoms with Crippen LogP contribution >= 0.6 is 0 Å². The van der Waals surface area contributed by atoms with Gasteiger partial charge in [-0.3, -0.25) is 0 Å². The highest BCUT2D eigenvalue weighted by Gasteiger charge is 2.16. The van der Waals surface area contributed by atoms with Gasteiger partial charge in [0.15, 0.2) is 0 Å². The number of nitrogens with one attached hydrogen (secondary N) is 1. The molecule has 1 aromatic heterocycles. The highest BCUT2D eigenvalue weighted by molar-refractivity contribution is 5.62. The zero-order chi connectivity index (χ0) is 14.5. The summed E-state index contributed by atoms with van der Waals surface area (Å²) < 4.78 is 11.1. The molecule has 1 aliphatic rings. The van der Waals surface area contributed by atoms with Gasteiger partial charge in [0.05, 0.1) is 19.2 Å². The van der Waals surface area contributed by atoms with Crippen LogP contribution in [-0.4, -0.2) is 23.3 Å². The van der Waals surface area contributed by atoms with Crippen LogP contribution in [0, 0.1) is 0 Å². The molecule has 1 heterocycles. The number of hydrogen-bond donors (Lipinski definition) is 1. The summed E-state index contributed by atoms with van der Waals surface area (Å²) in [4.78, 5) is 0. The molecule has 1 aromatic carbocycles. The van der Waals surface area contributed by atoms with Gasteiger partial charge in [0, 0.05) is 6.04 Å². The molecular weight excluding hydrogens is 266 g/mol. The van der Waals surface area contributed by atoms with Gasteiger partial charge in [0.1, 0.15) is 5.75 Å². The number of hydrogen-bond acceptors (Lipinski definition) is 5. The summed E-state index contributed by atoms with van der Waals surface area (Å²) in [5.41, 5.74) is 0.830. The van der Waals surface area contributed by atoms with Gasteiger partial charge in [0.25, 0.3) is 5.89 Å². The van der Waals surface area contributed by atoms with Gasteiger partial charge in [-0.2, -0.15) is 0 Å². The van der Waals surface area contributed by atoms with E-state index in [1.54, 1.807) is 7.11 Å². The molecule has 3 rings (SSSR count). The van der Waals surface area contributed by atoms with Gasteiger partial charge in [-0.05, 0) is 25.0 Å². The third-order valence-corrected chi connectivity index (χ3v) is 3.95. The van der Waals surface area contributed by atoms with E-state index >= 15 is 0 Å². The SMILES string of the molecule is COc1ccccc1-c1nnc(CNC2CCCCC2)o1. The lowest BCUT2D eigenvalue weighted by atomic mass is 9.95. The lowest BCUT2D eigenvalue weighted by Crippen LogP contribution is -2.30. The highest BCUT2D eigenvalue weighted by atomic mass is 16.5. The van der Waals surface area contributed by atoms with Crippen LogP contribution in [0.5, 0.6) is 5.75 Å². The topological polar surface area (TPSA) is 60.2 Å². The van der Waals surface area contributed by atoms with Crippen molar-refractivity contribution in [3.05, 3.63) is 30.2 Å². The quantitative estimate of drug-likeness (QED) is 0.915. The minimum Gasteiger partial charge on any atom is -0.496 e. The number of para-hydroxylation sites is 1. The van der Waals surface area contributed by atoms with Crippen LogP contribution in [0.1, 0.15) is 38.0 Å². The average molecular weight is 287 g/mol. The number of nitrogens with zero attached hydrogens (tertiary/aromatic N) is 2. The number of rotatable bonds is 5. The third kappa shape index (κ3) is 3.42. The van der Waals surface area contributed by atoms with E-state index in [1.807, 2.05) is 24.3 Å². The zero-order valence-corrected chi connectivity index (χ0v) is 12.3. The molecule has 0 aliphatic heterocycles. The Morgan fingerprint density at radius 2 is 2.00 bits per heavy atom. The maximum absolute atomic E-state index is 5.74. The number of ether oxygens (including phenoxy) is 1. The Hall–Kier alpha value is -1.88. The van der Waals surface area contributed by atoms with Gasteiger partial charge >= 0.3 is 0 Å². The largest absolute Gasteiger partial charge is 0.496 e. The third-order valence-electron chi connectivity index (χ3n) is 3.95. The summed E-state index contributed by atoms with van der Waals surface area (Å²) >= 11 is 0. The lowest BCUT2D eigenvalue weighted by Gasteiger charge is -2.21. The predicted molar refractivity (Wildman–Crippen MR) is 80.0 cm³/mol. The molecule has 21 heavy (non-hydrogen) atoms. The number of benzene rings is 1. The van der Waals surface area contributed by atoms with Crippen LogP contribution in [0.25, 0.3) is 11.5 Å². The normalized spacial score (nSPS) is 16.0. The molecular formula is C16H21N3O2. The van der Waals surface area contributed by atoms with E-state index < -0.39 is 0 Å². The maximum Gasteiger partial charge on any atom is 0.251 e. The van der Waals surface area contributed by atoms with Crippen LogP contribution in [0.15, 0.2) is 28.7 Å². The van der Waals surface area contributed by atoms with Crippen molar-refractivity contribution in [3.8, 4) is 17.2 Å². The van der Waals surface area contributed by atoms with E-state index in [1.165, 1.54) is 32.1 Å². The first-order valence-corrected chi connectivity index (χ1v) is 7.56. The Morgan fingerprint density at radius 1 is 1.19 bits per heavy atom. The van der Waals surface area contributed by atoms with E-state index in [4.69, 9.17) is 9.15 Å². The van der Waals surface area contributed by atoms with E-state index in [2.05, 4.69) is 15.5 Å². The summed E-state index contributed by atoms with van der Waals surface area (Å²) in [6, 6.07) is 8.25. The molecule has 112 valence electrons. The fourth-order valence-electron chi connectivity index (χ4n) is 2.79. The molecule has 5 nitrogen and oxygen atoms in total. The summed E-state index contributed by atoms with van der Waals surface area (Å²) in [6.07, 6.45) is 6.47. The van der Waals surface area contributed by atoms with E-state index in [-0.39, 0.29) is 0 Å². The fraction of sp³-hybridized carbons (Fsp3) is 0.500.